The molecule has 4 heteroatoms. The molecular formula is C24H25Cl2NO. The van der Waals surface area contributed by atoms with E-state index in [0.29, 0.717) is 22.7 Å². The lowest BCUT2D eigenvalue weighted by Gasteiger charge is -2.19. The van der Waals surface area contributed by atoms with Crippen molar-refractivity contribution in [3.63, 3.8) is 0 Å². The van der Waals surface area contributed by atoms with Gasteiger partial charge in [0.25, 0.3) is 0 Å². The van der Waals surface area contributed by atoms with Crippen molar-refractivity contribution in [3.05, 3.63) is 99.5 Å². The molecule has 0 heterocycles. The Hall–Kier alpha value is -2.00. The second kappa shape index (κ2) is 10.5. The Morgan fingerprint density at radius 3 is 2.50 bits per heavy atom. The molecule has 0 radical (unpaired) electrons. The summed E-state index contributed by atoms with van der Waals surface area (Å²) < 4.78 is 5.94. The molecule has 0 amide bonds. The Morgan fingerprint density at radius 2 is 1.75 bits per heavy atom. The second-order valence-electron chi connectivity index (χ2n) is 6.80. The molecule has 0 aromatic heterocycles. The van der Waals surface area contributed by atoms with E-state index in [1.165, 1.54) is 11.1 Å². The van der Waals surface area contributed by atoms with E-state index in [1.807, 2.05) is 24.3 Å². The SMILES string of the molecule is CCCC(NCc1cccc(OCc2ccc(Cl)cc2Cl)c1)c1ccccc1. The Labute approximate surface area is 177 Å². The van der Waals surface area contributed by atoms with Crippen molar-refractivity contribution in [3.8, 4) is 5.75 Å². The largest absolute Gasteiger partial charge is 0.489 e. The van der Waals surface area contributed by atoms with Crippen LogP contribution in [0.15, 0.2) is 72.8 Å². The summed E-state index contributed by atoms with van der Waals surface area (Å²) in [6.45, 7) is 3.42. The quantitative estimate of drug-likeness (QED) is 0.400. The van der Waals surface area contributed by atoms with Crippen LogP contribution in [-0.4, -0.2) is 0 Å². The molecule has 0 aliphatic rings. The third-order valence-electron chi connectivity index (χ3n) is 4.64. The van der Waals surface area contributed by atoms with Gasteiger partial charge < -0.3 is 10.1 Å². The Kier molecular flexibility index (Phi) is 7.79. The Bertz CT molecular complexity index is 883. The predicted octanol–water partition coefficient (Wildman–Crippen LogP) is 7.20. The number of hydrogen-bond donors (Lipinski definition) is 1. The first-order valence-corrected chi connectivity index (χ1v) is 10.4. The summed E-state index contributed by atoms with van der Waals surface area (Å²) in [4.78, 5) is 0. The van der Waals surface area contributed by atoms with Crippen LogP contribution < -0.4 is 10.1 Å². The molecule has 1 N–H and O–H groups in total. The lowest BCUT2D eigenvalue weighted by molar-refractivity contribution is 0.306. The summed E-state index contributed by atoms with van der Waals surface area (Å²) in [5, 5.41) is 4.93. The summed E-state index contributed by atoms with van der Waals surface area (Å²) in [6, 6.07) is 24.6. The number of hydrogen-bond acceptors (Lipinski definition) is 2. The number of ether oxygens (including phenoxy) is 1. The van der Waals surface area contributed by atoms with Gasteiger partial charge in [0.1, 0.15) is 12.4 Å². The van der Waals surface area contributed by atoms with Crippen LogP contribution in [0.4, 0.5) is 0 Å². The molecule has 28 heavy (non-hydrogen) atoms. The summed E-state index contributed by atoms with van der Waals surface area (Å²) in [5.41, 5.74) is 3.44. The van der Waals surface area contributed by atoms with E-state index in [-0.39, 0.29) is 0 Å². The van der Waals surface area contributed by atoms with Gasteiger partial charge in [0.2, 0.25) is 0 Å². The zero-order valence-electron chi connectivity index (χ0n) is 16.0. The van der Waals surface area contributed by atoms with E-state index < -0.39 is 0 Å². The van der Waals surface area contributed by atoms with Crippen LogP contribution in [0.2, 0.25) is 10.0 Å². The minimum atomic E-state index is 0.351. The molecule has 0 fully saturated rings. The maximum Gasteiger partial charge on any atom is 0.120 e. The van der Waals surface area contributed by atoms with Crippen LogP contribution in [0.5, 0.6) is 5.75 Å². The zero-order chi connectivity index (χ0) is 19.8. The molecule has 0 aliphatic heterocycles. The van der Waals surface area contributed by atoms with Crippen molar-refractivity contribution in [1.29, 1.82) is 0 Å². The third-order valence-corrected chi connectivity index (χ3v) is 5.23. The van der Waals surface area contributed by atoms with Crippen LogP contribution in [0, 0.1) is 0 Å². The van der Waals surface area contributed by atoms with Crippen molar-refractivity contribution in [1.82, 2.24) is 5.32 Å². The van der Waals surface area contributed by atoms with Gasteiger partial charge in [-0.2, -0.15) is 0 Å². The highest BCUT2D eigenvalue weighted by Crippen LogP contribution is 2.24. The molecule has 0 bridgehead atoms. The van der Waals surface area contributed by atoms with Gasteiger partial charge in [0.15, 0.2) is 0 Å². The number of halogens is 2. The maximum atomic E-state index is 6.23. The van der Waals surface area contributed by atoms with Crippen molar-refractivity contribution in [2.24, 2.45) is 0 Å². The Morgan fingerprint density at radius 1 is 0.929 bits per heavy atom. The third kappa shape index (κ3) is 6.00. The average Bonchev–Trinajstić information content (AvgIpc) is 2.71. The van der Waals surface area contributed by atoms with Crippen molar-refractivity contribution < 1.29 is 4.74 Å². The van der Waals surface area contributed by atoms with E-state index in [1.54, 1.807) is 6.07 Å². The van der Waals surface area contributed by atoms with Gasteiger partial charge in [-0.25, -0.2) is 0 Å². The summed E-state index contributed by atoms with van der Waals surface area (Å²) in [5.74, 6) is 0.831. The monoisotopic (exact) mass is 413 g/mol. The van der Waals surface area contributed by atoms with Gasteiger partial charge >= 0.3 is 0 Å². The van der Waals surface area contributed by atoms with E-state index >= 15 is 0 Å². The molecule has 0 saturated carbocycles. The first-order chi connectivity index (χ1) is 13.7. The molecule has 0 spiro atoms. The van der Waals surface area contributed by atoms with Gasteiger partial charge in [-0.05, 0) is 41.8 Å². The van der Waals surface area contributed by atoms with E-state index in [4.69, 9.17) is 27.9 Å². The van der Waals surface area contributed by atoms with Gasteiger partial charge in [0.05, 0.1) is 0 Å². The molecule has 0 aliphatic carbocycles. The fraction of sp³-hybridized carbons (Fsp3) is 0.250. The zero-order valence-corrected chi connectivity index (χ0v) is 17.5. The van der Waals surface area contributed by atoms with Crippen LogP contribution in [0.25, 0.3) is 0 Å². The van der Waals surface area contributed by atoms with Crippen LogP contribution in [0.3, 0.4) is 0 Å². The number of nitrogens with one attached hydrogen (secondary N) is 1. The van der Waals surface area contributed by atoms with Crippen LogP contribution in [-0.2, 0) is 13.2 Å². The highest BCUT2D eigenvalue weighted by molar-refractivity contribution is 6.35. The fourth-order valence-electron chi connectivity index (χ4n) is 3.15. The van der Waals surface area contributed by atoms with Crippen molar-refractivity contribution >= 4 is 23.2 Å². The minimum Gasteiger partial charge on any atom is -0.489 e. The fourth-order valence-corrected chi connectivity index (χ4v) is 3.61. The van der Waals surface area contributed by atoms with Crippen molar-refractivity contribution in [2.45, 2.75) is 39.0 Å². The Balaban J connectivity index is 1.61. The molecule has 146 valence electrons. The second-order valence-corrected chi connectivity index (χ2v) is 7.65. The lowest BCUT2D eigenvalue weighted by Crippen LogP contribution is -2.20. The van der Waals surface area contributed by atoms with Gasteiger partial charge in [-0.3, -0.25) is 0 Å². The first-order valence-electron chi connectivity index (χ1n) is 9.59. The molecular weight excluding hydrogens is 389 g/mol. The smallest absolute Gasteiger partial charge is 0.120 e. The van der Waals surface area contributed by atoms with E-state index in [0.717, 1.165) is 30.7 Å². The standard InChI is InChI=1S/C24H25Cl2NO/c1-2-7-24(19-9-4-3-5-10-19)27-16-18-8-6-11-22(14-18)28-17-20-12-13-21(25)15-23(20)26/h3-6,8-15,24,27H,2,7,16-17H2,1H3. The highest BCUT2D eigenvalue weighted by atomic mass is 35.5. The first kappa shape index (κ1) is 20.7. The topological polar surface area (TPSA) is 21.3 Å². The molecule has 3 rings (SSSR count). The molecule has 0 saturated heterocycles. The van der Waals surface area contributed by atoms with Crippen LogP contribution in [0.1, 0.15) is 42.5 Å². The minimum absolute atomic E-state index is 0.351. The number of rotatable bonds is 9. The molecule has 1 unspecified atom stereocenters. The molecule has 3 aromatic rings. The molecule has 2 nitrogen and oxygen atoms in total. The van der Waals surface area contributed by atoms with E-state index in [2.05, 4.69) is 54.7 Å². The van der Waals surface area contributed by atoms with Gasteiger partial charge in [-0.15, -0.1) is 0 Å². The van der Waals surface area contributed by atoms with Gasteiger partial charge in [-0.1, -0.05) is 85.1 Å². The highest BCUT2D eigenvalue weighted by Gasteiger charge is 2.10. The predicted molar refractivity (Wildman–Crippen MR) is 118 cm³/mol. The normalized spacial score (nSPS) is 12.0. The van der Waals surface area contributed by atoms with E-state index in [9.17, 15) is 0 Å². The summed E-state index contributed by atoms with van der Waals surface area (Å²) >= 11 is 12.2. The van der Waals surface area contributed by atoms with Crippen LogP contribution >= 0.6 is 23.2 Å². The number of benzene rings is 3. The molecule has 3 aromatic carbocycles. The van der Waals surface area contributed by atoms with Gasteiger partial charge in [0, 0.05) is 28.2 Å². The summed E-state index contributed by atoms with van der Waals surface area (Å²) in [6.07, 6.45) is 2.24. The lowest BCUT2D eigenvalue weighted by atomic mass is 10.0. The maximum absolute atomic E-state index is 6.23. The molecule has 1 atom stereocenters. The average molecular weight is 414 g/mol. The summed E-state index contributed by atoms with van der Waals surface area (Å²) in [7, 11) is 0. The van der Waals surface area contributed by atoms with Crippen molar-refractivity contribution in [2.75, 3.05) is 0 Å².